The molecule has 2 saturated heterocycles. The molecule has 3 aromatic rings. The highest BCUT2D eigenvalue weighted by atomic mass is 35.5. The number of hydrogen-bond donors (Lipinski definition) is 2. The SMILES string of the molecule is C[C@H]1[C@H]([Si](C)(C)O)[C@@H](CC(=O)N2Cc3ccccc3C[C@H]2CO)O[C@]12C(=O)N(Cc1ccc(N3CCC3=O)cc1)c1ccc(Cl)cc12. The van der Waals surface area contributed by atoms with Crippen LogP contribution in [0.2, 0.25) is 23.7 Å². The molecule has 3 amide bonds. The van der Waals surface area contributed by atoms with Crippen LogP contribution in [-0.4, -0.2) is 66.1 Å². The lowest BCUT2D eigenvalue weighted by molar-refractivity contribution is -0.151. The predicted octanol–water partition coefficient (Wildman–Crippen LogP) is 4.76. The molecule has 0 saturated carbocycles. The summed E-state index contributed by atoms with van der Waals surface area (Å²) in [5, 5.41) is 10.7. The van der Waals surface area contributed by atoms with Crippen LogP contribution in [-0.2, 0) is 44.2 Å². The Bertz CT molecular complexity index is 1750. The maximum atomic E-state index is 14.7. The van der Waals surface area contributed by atoms with Crippen LogP contribution in [0.3, 0.4) is 0 Å². The number of aliphatic hydroxyl groups excluding tert-OH is 1. The van der Waals surface area contributed by atoms with Gasteiger partial charge >= 0.3 is 0 Å². The molecule has 4 aliphatic rings. The number of hydrogen-bond acceptors (Lipinski definition) is 6. The van der Waals surface area contributed by atoms with Gasteiger partial charge in [0.1, 0.15) is 0 Å². The van der Waals surface area contributed by atoms with Crippen molar-refractivity contribution < 1.29 is 29.0 Å². The number of fused-ring (bicyclic) bond motifs is 3. The predicted molar refractivity (Wildman–Crippen MR) is 181 cm³/mol. The van der Waals surface area contributed by atoms with E-state index in [2.05, 4.69) is 0 Å². The largest absolute Gasteiger partial charge is 0.432 e. The molecule has 9 nitrogen and oxygen atoms in total. The van der Waals surface area contributed by atoms with Crippen LogP contribution in [0.5, 0.6) is 0 Å². The first-order valence-corrected chi connectivity index (χ1v) is 19.7. The Hall–Kier alpha value is -3.54. The molecule has 0 aromatic heterocycles. The number of halogens is 1. The summed E-state index contributed by atoms with van der Waals surface area (Å²) >= 11 is 6.55. The molecule has 4 heterocycles. The molecule has 5 atom stereocenters. The molecule has 246 valence electrons. The van der Waals surface area contributed by atoms with Gasteiger partial charge in [-0.2, -0.15) is 0 Å². The fraction of sp³-hybridized carbons (Fsp3) is 0.417. The highest BCUT2D eigenvalue weighted by Crippen LogP contribution is 2.60. The van der Waals surface area contributed by atoms with Gasteiger partial charge < -0.3 is 29.3 Å². The minimum atomic E-state index is -3.01. The average molecular weight is 674 g/mol. The third-order valence-electron chi connectivity index (χ3n) is 10.6. The minimum Gasteiger partial charge on any atom is -0.432 e. The number of carbonyl (C=O) groups excluding carboxylic acids is 3. The van der Waals surface area contributed by atoms with E-state index >= 15 is 0 Å². The maximum absolute atomic E-state index is 14.7. The second kappa shape index (κ2) is 11.9. The van der Waals surface area contributed by atoms with Crippen molar-refractivity contribution in [3.05, 3.63) is 94.0 Å². The quantitative estimate of drug-likeness (QED) is 0.277. The summed E-state index contributed by atoms with van der Waals surface area (Å²) in [5.41, 5.74) is 3.35. The number of anilines is 2. The second-order valence-electron chi connectivity index (χ2n) is 13.9. The fourth-order valence-electron chi connectivity index (χ4n) is 8.29. The molecule has 11 heteroatoms. The van der Waals surface area contributed by atoms with Gasteiger partial charge in [0.05, 0.1) is 37.4 Å². The van der Waals surface area contributed by atoms with Gasteiger partial charge in [-0.1, -0.05) is 54.9 Å². The molecule has 0 bridgehead atoms. The van der Waals surface area contributed by atoms with Crippen molar-refractivity contribution >= 4 is 49.0 Å². The topological polar surface area (TPSA) is 111 Å². The van der Waals surface area contributed by atoms with Gasteiger partial charge in [0.15, 0.2) is 13.9 Å². The van der Waals surface area contributed by atoms with Gasteiger partial charge in [-0.25, -0.2) is 0 Å². The van der Waals surface area contributed by atoms with Gasteiger partial charge in [0, 0.05) is 47.2 Å². The molecule has 2 fully saturated rings. The molecule has 0 radical (unpaired) electrons. The summed E-state index contributed by atoms with van der Waals surface area (Å²) in [4.78, 5) is 57.6. The van der Waals surface area contributed by atoms with Gasteiger partial charge in [-0.05, 0) is 66.5 Å². The van der Waals surface area contributed by atoms with Gasteiger partial charge in [0.25, 0.3) is 5.91 Å². The molecule has 4 aliphatic heterocycles. The minimum absolute atomic E-state index is 0.0216. The van der Waals surface area contributed by atoms with Crippen LogP contribution in [0.15, 0.2) is 66.7 Å². The molecule has 7 rings (SSSR count). The molecule has 1 spiro atoms. The number of benzene rings is 3. The molecule has 2 N–H and O–H groups in total. The normalized spacial score (nSPS) is 26.9. The maximum Gasteiger partial charge on any atom is 0.264 e. The summed E-state index contributed by atoms with van der Waals surface area (Å²) in [5.74, 6) is -0.771. The zero-order valence-electron chi connectivity index (χ0n) is 26.9. The van der Waals surface area contributed by atoms with Gasteiger partial charge in [-0.3, -0.25) is 14.4 Å². The Kier molecular flexibility index (Phi) is 8.08. The lowest BCUT2D eigenvalue weighted by Gasteiger charge is -2.37. The van der Waals surface area contributed by atoms with E-state index in [0.29, 0.717) is 42.2 Å². The molecular formula is C36H40ClN3O6Si. The monoisotopic (exact) mass is 673 g/mol. The average Bonchev–Trinajstić information content (AvgIpc) is 3.46. The van der Waals surface area contributed by atoms with Crippen LogP contribution in [0.4, 0.5) is 11.4 Å². The third-order valence-corrected chi connectivity index (χ3v) is 13.4. The highest BCUT2D eigenvalue weighted by molar-refractivity contribution is 6.71. The number of rotatable bonds is 7. The van der Waals surface area contributed by atoms with Crippen molar-refractivity contribution in [1.82, 2.24) is 4.90 Å². The number of carbonyl (C=O) groups is 3. The first kappa shape index (κ1) is 32.0. The van der Waals surface area contributed by atoms with E-state index in [1.54, 1.807) is 26.8 Å². The Morgan fingerprint density at radius 1 is 1.06 bits per heavy atom. The number of β-lactam (4-membered cyclic amide) rings is 1. The Morgan fingerprint density at radius 2 is 1.79 bits per heavy atom. The molecular weight excluding hydrogens is 634 g/mol. The number of nitrogens with zero attached hydrogens (tertiary/aromatic N) is 3. The smallest absolute Gasteiger partial charge is 0.264 e. The van der Waals surface area contributed by atoms with Crippen LogP contribution < -0.4 is 9.80 Å². The Balaban J connectivity index is 1.20. The van der Waals surface area contributed by atoms with E-state index in [0.717, 1.165) is 22.4 Å². The summed E-state index contributed by atoms with van der Waals surface area (Å²) in [6, 6.07) is 20.6. The van der Waals surface area contributed by atoms with Crippen LogP contribution in [0, 0.1) is 5.92 Å². The van der Waals surface area contributed by atoms with Crippen molar-refractivity contribution in [2.75, 3.05) is 23.0 Å². The van der Waals surface area contributed by atoms with Crippen molar-refractivity contribution in [3.8, 4) is 0 Å². The zero-order chi connectivity index (χ0) is 33.2. The number of amides is 3. The summed E-state index contributed by atoms with van der Waals surface area (Å²) < 4.78 is 6.88. The van der Waals surface area contributed by atoms with Crippen LogP contribution in [0.1, 0.15) is 42.0 Å². The van der Waals surface area contributed by atoms with Gasteiger partial charge in [0.2, 0.25) is 11.8 Å². The molecule has 0 unspecified atom stereocenters. The van der Waals surface area contributed by atoms with E-state index in [-0.39, 0.29) is 43.3 Å². The van der Waals surface area contributed by atoms with Gasteiger partial charge in [-0.15, -0.1) is 0 Å². The van der Waals surface area contributed by atoms with Crippen LogP contribution in [0.25, 0.3) is 0 Å². The zero-order valence-corrected chi connectivity index (χ0v) is 28.6. The molecule has 0 aliphatic carbocycles. The van der Waals surface area contributed by atoms with E-state index in [4.69, 9.17) is 16.3 Å². The van der Waals surface area contributed by atoms with E-state index in [1.165, 1.54) is 0 Å². The van der Waals surface area contributed by atoms with E-state index < -0.39 is 31.5 Å². The highest BCUT2D eigenvalue weighted by Gasteiger charge is 2.66. The number of aliphatic hydroxyl groups is 1. The molecule has 47 heavy (non-hydrogen) atoms. The standard InChI is InChI=1S/C36H40ClN3O6Si/c1-22-34(47(2,3)45)31(18-33(43)39-20-25-7-5-4-6-24(25)16-28(39)21-41)46-36(22)29-17-26(37)10-13-30(29)40(35(36)44)19-23-8-11-27(12-9-23)38-15-14-32(38)42/h4-13,17,22,28,31,34,41,45H,14-16,18-21H2,1-3H3/t22-,28-,31+,34-,36+/m0/s1. The number of ether oxygens (including phenoxy) is 1. The third kappa shape index (κ3) is 5.30. The first-order valence-electron chi connectivity index (χ1n) is 16.3. The van der Waals surface area contributed by atoms with E-state index in [9.17, 15) is 24.3 Å². The Morgan fingerprint density at radius 3 is 2.43 bits per heavy atom. The van der Waals surface area contributed by atoms with Crippen LogP contribution >= 0.6 is 11.6 Å². The van der Waals surface area contributed by atoms with Crippen molar-refractivity contribution in [2.45, 2.75) is 75.7 Å². The Labute approximate surface area is 280 Å². The summed E-state index contributed by atoms with van der Waals surface area (Å²) in [6.45, 7) is 6.82. The molecule has 3 aromatic carbocycles. The van der Waals surface area contributed by atoms with Crippen molar-refractivity contribution in [3.63, 3.8) is 0 Å². The summed E-state index contributed by atoms with van der Waals surface area (Å²) in [7, 11) is -3.01. The van der Waals surface area contributed by atoms with Crippen molar-refractivity contribution in [1.29, 1.82) is 0 Å². The second-order valence-corrected chi connectivity index (χ2v) is 18.3. The lowest BCUT2D eigenvalue weighted by Crippen LogP contribution is -2.48. The first-order chi connectivity index (χ1) is 22.4. The van der Waals surface area contributed by atoms with E-state index in [1.807, 2.05) is 74.6 Å². The lowest BCUT2D eigenvalue weighted by atomic mass is 9.82. The summed E-state index contributed by atoms with van der Waals surface area (Å²) in [6.07, 6.45) is 0.373. The fourth-order valence-corrected chi connectivity index (χ4v) is 11.0. The van der Waals surface area contributed by atoms with Crippen molar-refractivity contribution in [2.24, 2.45) is 5.92 Å².